The molecule has 0 saturated heterocycles. The number of nitrogens with zero attached hydrogens (tertiary/aromatic N) is 2. The lowest BCUT2D eigenvalue weighted by atomic mass is 9.85. The summed E-state index contributed by atoms with van der Waals surface area (Å²) < 4.78 is 13.8. The Bertz CT molecular complexity index is 705. The van der Waals surface area contributed by atoms with Crippen LogP contribution >= 0.6 is 0 Å². The highest BCUT2D eigenvalue weighted by atomic mass is 19.1. The molecule has 24 heavy (non-hydrogen) atoms. The fourth-order valence-electron chi connectivity index (χ4n) is 2.36. The maximum Gasteiger partial charge on any atom is 0.318 e. The topological polar surface area (TPSA) is 141 Å². The lowest BCUT2D eigenvalue weighted by molar-refractivity contribution is -0.396. The standard InChI is InChI=1S/C14H15FN2O7/c1-3-4-7(2)13(18)12(14(19)20)8-5-9(15)11(17(23)24)6-10(8)16(21)22/h5-7,12H,3-4H2,1-2H3,(H,19,20). The molecule has 0 spiro atoms. The molecule has 0 heterocycles. The van der Waals surface area contributed by atoms with Gasteiger partial charge in [0.25, 0.3) is 5.69 Å². The summed E-state index contributed by atoms with van der Waals surface area (Å²) in [5.41, 5.74) is -2.85. The zero-order valence-electron chi connectivity index (χ0n) is 12.9. The van der Waals surface area contributed by atoms with E-state index in [0.717, 1.165) is 0 Å². The van der Waals surface area contributed by atoms with Crippen molar-refractivity contribution < 1.29 is 28.9 Å². The molecule has 130 valence electrons. The Hall–Kier alpha value is -2.91. The van der Waals surface area contributed by atoms with Crippen molar-refractivity contribution in [2.24, 2.45) is 5.92 Å². The number of carboxylic acids is 1. The van der Waals surface area contributed by atoms with Gasteiger partial charge in [-0.3, -0.25) is 29.8 Å². The number of rotatable bonds is 8. The van der Waals surface area contributed by atoms with E-state index in [0.29, 0.717) is 25.0 Å². The molecular formula is C14H15FN2O7. The van der Waals surface area contributed by atoms with E-state index < -0.39 is 56.2 Å². The zero-order chi connectivity index (χ0) is 18.6. The number of Topliss-reactive ketones (excluding diaryl/α,β-unsaturated/α-hetero) is 1. The average molecular weight is 342 g/mol. The minimum atomic E-state index is -1.97. The molecular weight excluding hydrogens is 327 g/mol. The van der Waals surface area contributed by atoms with Gasteiger partial charge in [0.2, 0.25) is 5.82 Å². The first-order chi connectivity index (χ1) is 11.1. The second kappa shape index (κ2) is 7.57. The molecule has 2 unspecified atom stereocenters. The Labute approximate surface area is 135 Å². The summed E-state index contributed by atoms with van der Waals surface area (Å²) in [6.07, 6.45) is 0.932. The molecule has 10 heteroatoms. The number of carbonyl (C=O) groups is 2. The number of nitro benzene ring substituents is 2. The van der Waals surface area contributed by atoms with Gasteiger partial charge in [0, 0.05) is 5.92 Å². The second-order valence-corrected chi connectivity index (χ2v) is 5.24. The van der Waals surface area contributed by atoms with Crippen molar-refractivity contribution in [1.29, 1.82) is 0 Å². The molecule has 0 radical (unpaired) electrons. The van der Waals surface area contributed by atoms with Gasteiger partial charge in [0.05, 0.1) is 21.5 Å². The SMILES string of the molecule is CCCC(C)C(=O)C(C(=O)O)c1cc(F)c([N+](=O)[O-])cc1[N+](=O)[O-]. The van der Waals surface area contributed by atoms with E-state index in [-0.39, 0.29) is 0 Å². The van der Waals surface area contributed by atoms with Crippen LogP contribution in [0.3, 0.4) is 0 Å². The minimum Gasteiger partial charge on any atom is -0.480 e. The van der Waals surface area contributed by atoms with Crippen LogP contribution in [0.25, 0.3) is 0 Å². The van der Waals surface area contributed by atoms with Crippen molar-refractivity contribution in [2.75, 3.05) is 0 Å². The molecule has 0 saturated carbocycles. The van der Waals surface area contributed by atoms with E-state index in [4.69, 9.17) is 0 Å². The third kappa shape index (κ3) is 3.89. The van der Waals surface area contributed by atoms with Crippen LogP contribution in [0.1, 0.15) is 38.2 Å². The van der Waals surface area contributed by atoms with Gasteiger partial charge in [-0.1, -0.05) is 20.3 Å². The van der Waals surface area contributed by atoms with Crippen LogP contribution in [0, 0.1) is 32.0 Å². The van der Waals surface area contributed by atoms with Crippen LogP contribution in [0.15, 0.2) is 12.1 Å². The fraction of sp³-hybridized carbons (Fsp3) is 0.429. The Balaban J connectivity index is 3.56. The van der Waals surface area contributed by atoms with Gasteiger partial charge in [-0.25, -0.2) is 0 Å². The molecule has 0 aliphatic rings. The van der Waals surface area contributed by atoms with Crippen molar-refractivity contribution in [3.05, 3.63) is 43.7 Å². The van der Waals surface area contributed by atoms with Crippen LogP contribution < -0.4 is 0 Å². The van der Waals surface area contributed by atoms with Crippen LogP contribution in [0.5, 0.6) is 0 Å². The summed E-state index contributed by atoms with van der Waals surface area (Å²) in [6.45, 7) is 3.24. The normalized spacial score (nSPS) is 13.1. The van der Waals surface area contributed by atoms with Crippen LogP contribution in [-0.2, 0) is 9.59 Å². The molecule has 0 fully saturated rings. The van der Waals surface area contributed by atoms with Gasteiger partial charge in [-0.2, -0.15) is 4.39 Å². The fourth-order valence-corrected chi connectivity index (χ4v) is 2.36. The Morgan fingerprint density at radius 2 is 1.75 bits per heavy atom. The van der Waals surface area contributed by atoms with E-state index in [1.165, 1.54) is 6.92 Å². The van der Waals surface area contributed by atoms with Crippen LogP contribution in [0.2, 0.25) is 0 Å². The van der Waals surface area contributed by atoms with Crippen molar-refractivity contribution in [1.82, 2.24) is 0 Å². The first-order valence-electron chi connectivity index (χ1n) is 7.00. The van der Waals surface area contributed by atoms with E-state index in [2.05, 4.69) is 0 Å². The molecule has 2 atom stereocenters. The monoisotopic (exact) mass is 342 g/mol. The average Bonchev–Trinajstić information content (AvgIpc) is 2.46. The van der Waals surface area contributed by atoms with E-state index in [9.17, 15) is 39.3 Å². The number of benzene rings is 1. The van der Waals surface area contributed by atoms with E-state index in [1.807, 2.05) is 0 Å². The Morgan fingerprint density at radius 1 is 1.21 bits per heavy atom. The number of nitro groups is 2. The molecule has 1 aromatic carbocycles. The predicted octanol–water partition coefficient (Wildman–Crippen LogP) is 2.82. The minimum absolute atomic E-state index is 0.332. The smallest absolute Gasteiger partial charge is 0.318 e. The van der Waals surface area contributed by atoms with Crippen molar-refractivity contribution in [3.63, 3.8) is 0 Å². The van der Waals surface area contributed by atoms with Gasteiger partial charge in [-0.05, 0) is 12.5 Å². The lowest BCUT2D eigenvalue weighted by Gasteiger charge is -2.16. The highest BCUT2D eigenvalue weighted by molar-refractivity contribution is 6.05. The first kappa shape index (κ1) is 19.1. The molecule has 0 aromatic heterocycles. The molecule has 9 nitrogen and oxygen atoms in total. The first-order valence-corrected chi connectivity index (χ1v) is 7.00. The molecule has 0 bridgehead atoms. The molecule has 1 rings (SSSR count). The number of aliphatic carboxylic acids is 1. The Morgan fingerprint density at radius 3 is 2.17 bits per heavy atom. The highest BCUT2D eigenvalue weighted by Crippen LogP contribution is 2.35. The summed E-state index contributed by atoms with van der Waals surface area (Å²) in [7, 11) is 0. The number of hydrogen-bond acceptors (Lipinski definition) is 6. The van der Waals surface area contributed by atoms with Crippen molar-refractivity contribution in [2.45, 2.75) is 32.6 Å². The third-order valence-electron chi connectivity index (χ3n) is 3.54. The summed E-state index contributed by atoms with van der Waals surface area (Å²) in [4.78, 5) is 43.3. The van der Waals surface area contributed by atoms with Crippen LogP contribution in [0.4, 0.5) is 15.8 Å². The van der Waals surface area contributed by atoms with Crippen molar-refractivity contribution in [3.8, 4) is 0 Å². The van der Waals surface area contributed by atoms with Gasteiger partial charge in [0.1, 0.15) is 5.92 Å². The number of carboxylic acid groups (broad SMARTS) is 1. The van der Waals surface area contributed by atoms with Crippen LogP contribution in [-0.4, -0.2) is 26.7 Å². The van der Waals surface area contributed by atoms with Gasteiger partial charge < -0.3 is 5.11 Å². The van der Waals surface area contributed by atoms with Gasteiger partial charge >= 0.3 is 11.7 Å². The van der Waals surface area contributed by atoms with Gasteiger partial charge in [0.15, 0.2) is 5.78 Å². The number of ketones is 1. The van der Waals surface area contributed by atoms with Gasteiger partial charge in [-0.15, -0.1) is 0 Å². The Kier molecular flexibility index (Phi) is 6.04. The number of carbonyl (C=O) groups excluding carboxylic acids is 1. The van der Waals surface area contributed by atoms with E-state index >= 15 is 0 Å². The molecule has 1 aromatic rings. The molecule has 0 aliphatic carbocycles. The maximum atomic E-state index is 13.8. The number of hydrogen-bond donors (Lipinski definition) is 1. The largest absolute Gasteiger partial charge is 0.480 e. The second-order valence-electron chi connectivity index (χ2n) is 5.24. The summed E-state index contributed by atoms with van der Waals surface area (Å²) in [5.74, 6) is -6.63. The van der Waals surface area contributed by atoms with E-state index in [1.54, 1.807) is 6.92 Å². The molecule has 0 aliphatic heterocycles. The molecule has 1 N–H and O–H groups in total. The number of halogens is 1. The highest BCUT2D eigenvalue weighted by Gasteiger charge is 2.38. The zero-order valence-corrected chi connectivity index (χ0v) is 12.9. The molecule has 0 amide bonds. The maximum absolute atomic E-state index is 13.8. The third-order valence-corrected chi connectivity index (χ3v) is 3.54. The lowest BCUT2D eigenvalue weighted by Crippen LogP contribution is -2.27. The predicted molar refractivity (Wildman–Crippen MR) is 79.2 cm³/mol. The quantitative estimate of drug-likeness (QED) is 0.435. The summed E-state index contributed by atoms with van der Waals surface area (Å²) in [6, 6.07) is 0.712. The summed E-state index contributed by atoms with van der Waals surface area (Å²) in [5, 5.41) is 31.1. The summed E-state index contributed by atoms with van der Waals surface area (Å²) >= 11 is 0. The van der Waals surface area contributed by atoms with Crippen molar-refractivity contribution >= 4 is 23.1 Å².